The van der Waals surface area contributed by atoms with Gasteiger partial charge in [-0.25, -0.2) is 5.43 Å². The van der Waals surface area contributed by atoms with Crippen molar-refractivity contribution in [2.24, 2.45) is 5.10 Å². The van der Waals surface area contributed by atoms with Gasteiger partial charge in [0.05, 0.1) is 26.8 Å². The van der Waals surface area contributed by atoms with Gasteiger partial charge in [0.2, 0.25) is 0 Å². The third-order valence-electron chi connectivity index (χ3n) is 2.44. The van der Waals surface area contributed by atoms with E-state index in [0.29, 0.717) is 20.6 Å². The average Bonchev–Trinajstić information content (AvgIpc) is 2.43. The van der Waals surface area contributed by atoms with Gasteiger partial charge in [0.1, 0.15) is 0 Å². The Morgan fingerprint density at radius 1 is 1.00 bits per heavy atom. The highest BCUT2D eigenvalue weighted by Crippen LogP contribution is 2.21. The zero-order chi connectivity index (χ0) is 14.5. The van der Waals surface area contributed by atoms with Gasteiger partial charge in [-0.1, -0.05) is 53.0 Å². The molecule has 0 bridgehead atoms. The fraction of sp³-hybridized carbons (Fsp3) is 0. The van der Waals surface area contributed by atoms with Gasteiger partial charge >= 0.3 is 0 Å². The van der Waals surface area contributed by atoms with Crippen LogP contribution in [0.4, 0.5) is 0 Å². The van der Waals surface area contributed by atoms with Crippen LogP contribution < -0.4 is 5.43 Å². The molecule has 0 spiro atoms. The molecular weight excluding hydrogens is 319 g/mol. The van der Waals surface area contributed by atoms with Gasteiger partial charge in [0.15, 0.2) is 0 Å². The van der Waals surface area contributed by atoms with Crippen molar-refractivity contribution in [3.8, 4) is 0 Å². The maximum atomic E-state index is 11.8. The summed E-state index contributed by atoms with van der Waals surface area (Å²) in [5, 5.41) is 5.10. The molecule has 0 atom stereocenters. The van der Waals surface area contributed by atoms with Gasteiger partial charge in [0, 0.05) is 0 Å². The highest BCUT2D eigenvalue weighted by Gasteiger charge is 2.07. The average molecular weight is 328 g/mol. The summed E-state index contributed by atoms with van der Waals surface area (Å²) in [6, 6.07) is 11.8. The van der Waals surface area contributed by atoms with E-state index in [1.54, 1.807) is 42.5 Å². The Bertz CT molecular complexity index is 671. The number of hydrogen-bond donors (Lipinski definition) is 1. The van der Waals surface area contributed by atoms with Crippen LogP contribution in [-0.4, -0.2) is 12.1 Å². The van der Waals surface area contributed by atoms with Crippen molar-refractivity contribution in [3.63, 3.8) is 0 Å². The second-order valence-corrected chi connectivity index (χ2v) is 5.07. The van der Waals surface area contributed by atoms with Crippen molar-refractivity contribution >= 4 is 46.9 Å². The molecule has 1 amide bonds. The second-order valence-electron chi connectivity index (χ2n) is 3.85. The molecule has 0 saturated heterocycles. The summed E-state index contributed by atoms with van der Waals surface area (Å²) in [7, 11) is 0. The zero-order valence-electron chi connectivity index (χ0n) is 10.1. The van der Waals surface area contributed by atoms with Crippen LogP contribution in [0.2, 0.25) is 15.1 Å². The molecule has 0 aliphatic heterocycles. The molecule has 2 rings (SSSR count). The molecule has 20 heavy (non-hydrogen) atoms. The van der Waals surface area contributed by atoms with E-state index in [9.17, 15) is 4.79 Å². The first-order chi connectivity index (χ1) is 9.58. The summed E-state index contributed by atoms with van der Waals surface area (Å²) < 4.78 is 0. The number of carbonyl (C=O) groups is 1. The standard InChI is InChI=1S/C14H9Cl3N2O/c15-11-4-2-1-3-10(11)14(20)19-18-8-9-5-6-12(16)13(17)7-9/h1-8H,(H,19,20)/b18-8-. The minimum atomic E-state index is -0.382. The predicted octanol–water partition coefficient (Wildman–Crippen LogP) is 4.41. The summed E-state index contributed by atoms with van der Waals surface area (Å²) in [5.74, 6) is -0.382. The van der Waals surface area contributed by atoms with Crippen molar-refractivity contribution in [3.05, 3.63) is 68.7 Å². The molecular formula is C14H9Cl3N2O. The topological polar surface area (TPSA) is 41.5 Å². The third-order valence-corrected chi connectivity index (χ3v) is 3.51. The summed E-state index contributed by atoms with van der Waals surface area (Å²) >= 11 is 17.6. The lowest BCUT2D eigenvalue weighted by atomic mass is 10.2. The monoisotopic (exact) mass is 326 g/mol. The van der Waals surface area contributed by atoms with E-state index in [1.807, 2.05) is 0 Å². The number of halogens is 3. The van der Waals surface area contributed by atoms with E-state index >= 15 is 0 Å². The smallest absolute Gasteiger partial charge is 0.267 e. The van der Waals surface area contributed by atoms with Crippen LogP contribution in [-0.2, 0) is 0 Å². The fourth-order valence-corrected chi connectivity index (χ4v) is 1.99. The van der Waals surface area contributed by atoms with E-state index in [-0.39, 0.29) is 5.91 Å². The van der Waals surface area contributed by atoms with Crippen LogP contribution in [0.25, 0.3) is 0 Å². The van der Waals surface area contributed by atoms with Crippen LogP contribution in [0.1, 0.15) is 15.9 Å². The summed E-state index contributed by atoms with van der Waals surface area (Å²) in [4.78, 5) is 11.8. The lowest BCUT2D eigenvalue weighted by Crippen LogP contribution is -2.17. The Morgan fingerprint density at radius 2 is 1.75 bits per heavy atom. The highest BCUT2D eigenvalue weighted by atomic mass is 35.5. The zero-order valence-corrected chi connectivity index (χ0v) is 12.4. The number of rotatable bonds is 3. The van der Waals surface area contributed by atoms with Gasteiger partial charge in [-0.3, -0.25) is 4.79 Å². The van der Waals surface area contributed by atoms with Crippen LogP contribution in [0.15, 0.2) is 47.6 Å². The van der Waals surface area contributed by atoms with Gasteiger partial charge in [-0.2, -0.15) is 5.10 Å². The van der Waals surface area contributed by atoms with Crippen LogP contribution in [0.5, 0.6) is 0 Å². The first-order valence-electron chi connectivity index (χ1n) is 5.61. The summed E-state index contributed by atoms with van der Waals surface area (Å²) in [6.07, 6.45) is 1.47. The van der Waals surface area contributed by atoms with Gasteiger partial charge in [0.25, 0.3) is 5.91 Å². The Balaban J connectivity index is 2.05. The maximum Gasteiger partial charge on any atom is 0.272 e. The Kier molecular flexibility index (Phi) is 5.01. The number of nitrogens with zero attached hydrogens (tertiary/aromatic N) is 1. The highest BCUT2D eigenvalue weighted by molar-refractivity contribution is 6.42. The molecule has 102 valence electrons. The van der Waals surface area contributed by atoms with E-state index in [4.69, 9.17) is 34.8 Å². The second kappa shape index (κ2) is 6.75. The number of amides is 1. The summed E-state index contributed by atoms with van der Waals surface area (Å²) in [5.41, 5.74) is 3.48. The van der Waals surface area contributed by atoms with Crippen LogP contribution >= 0.6 is 34.8 Å². The molecule has 0 aliphatic rings. The van der Waals surface area contributed by atoms with Crippen molar-refractivity contribution in [1.29, 1.82) is 0 Å². The number of benzene rings is 2. The van der Waals surface area contributed by atoms with Crippen LogP contribution in [0, 0.1) is 0 Å². The Morgan fingerprint density at radius 3 is 2.45 bits per heavy atom. The molecule has 2 aromatic carbocycles. The molecule has 2 aromatic rings. The van der Waals surface area contributed by atoms with Gasteiger partial charge in [-0.15, -0.1) is 0 Å². The number of nitrogens with one attached hydrogen (secondary N) is 1. The number of hydrazone groups is 1. The van der Waals surface area contributed by atoms with Crippen molar-refractivity contribution < 1.29 is 4.79 Å². The lowest BCUT2D eigenvalue weighted by molar-refractivity contribution is 0.0955. The molecule has 0 aromatic heterocycles. The van der Waals surface area contributed by atoms with Crippen LogP contribution in [0.3, 0.4) is 0 Å². The molecule has 0 aliphatic carbocycles. The SMILES string of the molecule is O=C(N/N=C\c1ccc(Cl)c(Cl)c1)c1ccccc1Cl. The fourth-order valence-electron chi connectivity index (χ4n) is 1.46. The van der Waals surface area contributed by atoms with E-state index in [2.05, 4.69) is 10.5 Å². The quantitative estimate of drug-likeness (QED) is 0.658. The molecule has 0 unspecified atom stereocenters. The lowest BCUT2D eigenvalue weighted by Gasteiger charge is -2.02. The molecule has 3 nitrogen and oxygen atoms in total. The number of hydrogen-bond acceptors (Lipinski definition) is 2. The molecule has 0 fully saturated rings. The first kappa shape index (κ1) is 14.9. The van der Waals surface area contributed by atoms with Crippen molar-refractivity contribution in [2.75, 3.05) is 0 Å². The van der Waals surface area contributed by atoms with Gasteiger partial charge < -0.3 is 0 Å². The van der Waals surface area contributed by atoms with E-state index < -0.39 is 0 Å². The molecule has 0 heterocycles. The Hall–Kier alpha value is -1.55. The normalized spacial score (nSPS) is 10.8. The van der Waals surface area contributed by atoms with Crippen molar-refractivity contribution in [1.82, 2.24) is 5.43 Å². The van der Waals surface area contributed by atoms with Crippen molar-refractivity contribution in [2.45, 2.75) is 0 Å². The largest absolute Gasteiger partial charge is 0.272 e. The molecule has 0 saturated carbocycles. The Labute approximate surface area is 131 Å². The third kappa shape index (κ3) is 3.73. The minimum Gasteiger partial charge on any atom is -0.267 e. The molecule has 1 N–H and O–H groups in total. The van der Waals surface area contributed by atoms with E-state index in [0.717, 1.165) is 5.56 Å². The van der Waals surface area contributed by atoms with E-state index in [1.165, 1.54) is 6.21 Å². The number of carbonyl (C=O) groups excluding carboxylic acids is 1. The minimum absolute atomic E-state index is 0.362. The maximum absolute atomic E-state index is 11.8. The first-order valence-corrected chi connectivity index (χ1v) is 6.74. The predicted molar refractivity (Wildman–Crippen MR) is 83.0 cm³/mol. The van der Waals surface area contributed by atoms with Gasteiger partial charge in [-0.05, 0) is 29.8 Å². The molecule has 6 heteroatoms. The molecule has 0 radical (unpaired) electrons. The summed E-state index contributed by atoms with van der Waals surface area (Å²) in [6.45, 7) is 0.